The van der Waals surface area contributed by atoms with E-state index in [1.165, 1.54) is 0 Å². The summed E-state index contributed by atoms with van der Waals surface area (Å²) < 4.78 is 21.6. The lowest BCUT2D eigenvalue weighted by Gasteiger charge is -2.40. The molecule has 4 nitrogen and oxygen atoms in total. The molecule has 0 aromatic rings. The van der Waals surface area contributed by atoms with Crippen molar-refractivity contribution in [3.63, 3.8) is 0 Å². The quantitative estimate of drug-likeness (QED) is 0.430. The van der Waals surface area contributed by atoms with Crippen molar-refractivity contribution in [2.24, 2.45) is 0 Å². The summed E-state index contributed by atoms with van der Waals surface area (Å²) in [5, 5.41) is 0.111. The smallest absolute Gasteiger partial charge is 0.100 e. The number of rotatable bonds is 11. The number of hydrogen-bond donors (Lipinski definition) is 0. The van der Waals surface area contributed by atoms with Crippen LogP contribution < -0.4 is 0 Å². The fourth-order valence-corrected chi connectivity index (χ4v) is 2.21. The van der Waals surface area contributed by atoms with Crippen LogP contribution in [0, 0.1) is 0 Å². The Labute approximate surface area is 115 Å². The van der Waals surface area contributed by atoms with Gasteiger partial charge in [-0.25, -0.2) is 0 Å². The summed E-state index contributed by atoms with van der Waals surface area (Å²) in [4.78, 5) is 0. The Morgan fingerprint density at radius 3 is 2.56 bits per heavy atom. The summed E-state index contributed by atoms with van der Waals surface area (Å²) in [6.45, 7) is 5.55. The zero-order valence-electron chi connectivity index (χ0n) is 11.4. The van der Waals surface area contributed by atoms with Crippen molar-refractivity contribution in [3.05, 3.63) is 0 Å². The van der Waals surface area contributed by atoms with Crippen LogP contribution in [0.1, 0.15) is 26.2 Å². The van der Waals surface area contributed by atoms with Crippen LogP contribution in [-0.4, -0.2) is 57.7 Å². The van der Waals surface area contributed by atoms with Crippen LogP contribution in [0.3, 0.4) is 0 Å². The molecular formula is C13H25ClO4. The lowest BCUT2D eigenvalue weighted by molar-refractivity contribution is -0.126. The summed E-state index contributed by atoms with van der Waals surface area (Å²) in [6, 6.07) is 0. The molecule has 18 heavy (non-hydrogen) atoms. The highest BCUT2D eigenvalue weighted by atomic mass is 35.5. The second kappa shape index (κ2) is 9.98. The van der Waals surface area contributed by atoms with Crippen LogP contribution in [0.2, 0.25) is 0 Å². The number of ether oxygens (including phenoxy) is 4. The van der Waals surface area contributed by atoms with Gasteiger partial charge in [-0.1, -0.05) is 6.92 Å². The number of methoxy groups -OCH3 is 1. The van der Waals surface area contributed by atoms with Gasteiger partial charge in [-0.3, -0.25) is 0 Å². The van der Waals surface area contributed by atoms with Crippen molar-refractivity contribution in [2.45, 2.75) is 43.8 Å². The highest BCUT2D eigenvalue weighted by Crippen LogP contribution is 2.32. The van der Waals surface area contributed by atoms with E-state index >= 15 is 0 Å². The maximum absolute atomic E-state index is 6.10. The van der Waals surface area contributed by atoms with Crippen LogP contribution in [0.25, 0.3) is 0 Å². The molecule has 0 amide bonds. The van der Waals surface area contributed by atoms with Gasteiger partial charge in [-0.05, 0) is 19.3 Å². The fourth-order valence-electron chi connectivity index (χ4n) is 1.80. The molecule has 0 saturated heterocycles. The summed E-state index contributed by atoms with van der Waals surface area (Å²) in [5.41, 5.74) is 0. The third-order valence-electron chi connectivity index (χ3n) is 2.89. The van der Waals surface area contributed by atoms with E-state index < -0.39 is 0 Å². The van der Waals surface area contributed by atoms with E-state index in [9.17, 15) is 0 Å². The molecule has 5 heteroatoms. The van der Waals surface area contributed by atoms with Crippen LogP contribution in [0.5, 0.6) is 0 Å². The van der Waals surface area contributed by atoms with Gasteiger partial charge in [0.2, 0.25) is 0 Å². The summed E-state index contributed by atoms with van der Waals surface area (Å²) >= 11 is 6.10. The highest BCUT2D eigenvalue weighted by molar-refractivity contribution is 6.21. The molecule has 0 spiro atoms. The van der Waals surface area contributed by atoms with Crippen molar-refractivity contribution in [2.75, 3.05) is 40.1 Å². The topological polar surface area (TPSA) is 36.9 Å². The highest BCUT2D eigenvalue weighted by Gasteiger charge is 2.41. The minimum atomic E-state index is 0.0704. The zero-order chi connectivity index (χ0) is 13.2. The molecule has 1 fully saturated rings. The molecule has 0 bridgehead atoms. The van der Waals surface area contributed by atoms with Gasteiger partial charge in [0.1, 0.15) is 6.10 Å². The SMILES string of the molecule is CCCOC1C(Cl)CC1OCCCOCCOC. The van der Waals surface area contributed by atoms with E-state index in [1.807, 2.05) is 0 Å². The molecule has 1 aliphatic rings. The fraction of sp³-hybridized carbons (Fsp3) is 1.00. The van der Waals surface area contributed by atoms with Crippen molar-refractivity contribution in [3.8, 4) is 0 Å². The first-order valence-corrected chi connectivity index (χ1v) is 7.17. The largest absolute Gasteiger partial charge is 0.382 e. The molecule has 0 aromatic carbocycles. The lowest BCUT2D eigenvalue weighted by Crippen LogP contribution is -2.51. The summed E-state index contributed by atoms with van der Waals surface area (Å²) in [7, 11) is 1.67. The molecule has 3 atom stereocenters. The maximum atomic E-state index is 6.10. The molecule has 0 aromatic heterocycles. The summed E-state index contributed by atoms with van der Waals surface area (Å²) in [6.07, 6.45) is 3.04. The minimum absolute atomic E-state index is 0.0704. The van der Waals surface area contributed by atoms with Gasteiger partial charge < -0.3 is 18.9 Å². The predicted molar refractivity (Wildman–Crippen MR) is 71.3 cm³/mol. The van der Waals surface area contributed by atoms with Crippen molar-refractivity contribution in [1.29, 1.82) is 0 Å². The third kappa shape index (κ3) is 5.85. The Kier molecular flexibility index (Phi) is 8.98. The maximum Gasteiger partial charge on any atom is 0.100 e. The molecule has 0 heterocycles. The Morgan fingerprint density at radius 1 is 1.06 bits per heavy atom. The average molecular weight is 281 g/mol. The predicted octanol–water partition coefficient (Wildman–Crippen LogP) is 2.23. The second-order valence-electron chi connectivity index (χ2n) is 4.46. The van der Waals surface area contributed by atoms with E-state index in [4.69, 9.17) is 30.5 Å². The molecule has 0 radical (unpaired) electrons. The Hall–Kier alpha value is 0.130. The molecule has 1 aliphatic carbocycles. The molecule has 1 rings (SSSR count). The standard InChI is InChI=1S/C13H25ClO4/c1-3-5-18-13-11(14)10-12(13)17-7-4-6-16-9-8-15-2/h11-13H,3-10H2,1-2H3. The number of alkyl halides is 1. The van der Waals surface area contributed by atoms with E-state index in [0.717, 1.165) is 25.9 Å². The first-order chi connectivity index (χ1) is 8.79. The van der Waals surface area contributed by atoms with Gasteiger partial charge in [-0.15, -0.1) is 11.6 Å². The van der Waals surface area contributed by atoms with Crippen LogP contribution in [0.15, 0.2) is 0 Å². The lowest BCUT2D eigenvalue weighted by atomic mass is 9.91. The molecule has 3 unspecified atom stereocenters. The van der Waals surface area contributed by atoms with E-state index in [-0.39, 0.29) is 17.6 Å². The average Bonchev–Trinajstić information content (AvgIpc) is 2.36. The molecule has 0 N–H and O–H groups in total. The second-order valence-corrected chi connectivity index (χ2v) is 5.02. The first kappa shape index (κ1) is 16.2. The van der Waals surface area contributed by atoms with Crippen LogP contribution >= 0.6 is 11.6 Å². The van der Waals surface area contributed by atoms with Gasteiger partial charge in [0.25, 0.3) is 0 Å². The van der Waals surface area contributed by atoms with E-state index in [0.29, 0.717) is 26.4 Å². The molecule has 0 aliphatic heterocycles. The Balaban J connectivity index is 1.95. The Bertz CT molecular complexity index is 203. The van der Waals surface area contributed by atoms with Gasteiger partial charge in [0.15, 0.2) is 0 Å². The molecule has 1 saturated carbocycles. The van der Waals surface area contributed by atoms with Gasteiger partial charge in [0.05, 0.1) is 24.7 Å². The molecular weight excluding hydrogens is 256 g/mol. The van der Waals surface area contributed by atoms with Crippen molar-refractivity contribution in [1.82, 2.24) is 0 Å². The van der Waals surface area contributed by atoms with Gasteiger partial charge >= 0.3 is 0 Å². The van der Waals surface area contributed by atoms with E-state index in [2.05, 4.69) is 6.92 Å². The number of halogens is 1. The monoisotopic (exact) mass is 280 g/mol. The van der Waals surface area contributed by atoms with Crippen molar-refractivity contribution >= 4 is 11.6 Å². The van der Waals surface area contributed by atoms with Crippen LogP contribution in [0.4, 0.5) is 0 Å². The normalized spacial score (nSPS) is 27.2. The van der Waals surface area contributed by atoms with Crippen molar-refractivity contribution < 1.29 is 18.9 Å². The molecule has 108 valence electrons. The first-order valence-electron chi connectivity index (χ1n) is 6.73. The minimum Gasteiger partial charge on any atom is -0.382 e. The van der Waals surface area contributed by atoms with E-state index in [1.54, 1.807) is 7.11 Å². The van der Waals surface area contributed by atoms with Gasteiger partial charge in [0, 0.05) is 26.9 Å². The number of hydrogen-bond acceptors (Lipinski definition) is 4. The van der Waals surface area contributed by atoms with Gasteiger partial charge in [-0.2, -0.15) is 0 Å². The summed E-state index contributed by atoms with van der Waals surface area (Å²) in [5.74, 6) is 0. The third-order valence-corrected chi connectivity index (χ3v) is 3.32. The Morgan fingerprint density at radius 2 is 1.89 bits per heavy atom. The van der Waals surface area contributed by atoms with Crippen LogP contribution in [-0.2, 0) is 18.9 Å². The zero-order valence-corrected chi connectivity index (χ0v) is 12.2.